The molecule has 0 aliphatic rings. The topological polar surface area (TPSA) is 20.3 Å². The van der Waals surface area contributed by atoms with Crippen LogP contribution in [0.1, 0.15) is 36.2 Å². The number of rotatable bonds is 7. The molecule has 0 spiro atoms. The summed E-state index contributed by atoms with van der Waals surface area (Å²) in [6.07, 6.45) is 0.971. The average molecular weight is 319 g/mol. The number of benzene rings is 1. The summed E-state index contributed by atoms with van der Waals surface area (Å²) in [7, 11) is 0. The van der Waals surface area contributed by atoms with E-state index in [4.69, 9.17) is 0 Å². The fourth-order valence-corrected chi connectivity index (χ4v) is 3.68. The Morgan fingerprint density at radius 3 is 2.71 bits per heavy atom. The van der Waals surface area contributed by atoms with Crippen LogP contribution in [0.5, 0.6) is 0 Å². The third-order valence-corrected chi connectivity index (χ3v) is 4.84. The second-order valence-electron chi connectivity index (χ2n) is 4.79. The summed E-state index contributed by atoms with van der Waals surface area (Å²) < 4.78 is 0. The van der Waals surface area contributed by atoms with Crippen molar-refractivity contribution in [3.63, 3.8) is 0 Å². The number of amides is 1. The van der Waals surface area contributed by atoms with Gasteiger partial charge in [0.1, 0.15) is 0 Å². The van der Waals surface area contributed by atoms with Crippen molar-refractivity contribution < 1.29 is 4.79 Å². The van der Waals surface area contributed by atoms with Crippen LogP contribution in [0.2, 0.25) is 0 Å². The minimum atomic E-state index is 0.139. The van der Waals surface area contributed by atoms with Crippen LogP contribution in [-0.2, 0) is 6.54 Å². The van der Waals surface area contributed by atoms with Crippen LogP contribution in [-0.4, -0.2) is 23.1 Å². The molecular formula is C17H21NOS2. The Morgan fingerprint density at radius 1 is 1.24 bits per heavy atom. The van der Waals surface area contributed by atoms with Crippen molar-refractivity contribution in [2.24, 2.45) is 0 Å². The molecule has 4 heteroatoms. The maximum atomic E-state index is 12.9. The Bertz CT molecular complexity index is 566. The molecule has 0 aliphatic heterocycles. The molecule has 0 fully saturated rings. The smallest absolute Gasteiger partial charge is 0.255 e. The van der Waals surface area contributed by atoms with Gasteiger partial charge in [-0.1, -0.05) is 26.0 Å². The first-order valence-corrected chi connectivity index (χ1v) is 9.21. The molecule has 1 heterocycles. The molecule has 0 bridgehead atoms. The van der Waals surface area contributed by atoms with E-state index in [9.17, 15) is 4.79 Å². The molecule has 0 radical (unpaired) electrons. The average Bonchev–Trinajstić information content (AvgIpc) is 3.00. The van der Waals surface area contributed by atoms with Gasteiger partial charge in [0.15, 0.2) is 0 Å². The summed E-state index contributed by atoms with van der Waals surface area (Å²) in [5.41, 5.74) is 2.04. The lowest BCUT2D eigenvalue weighted by atomic mass is 10.1. The highest BCUT2D eigenvalue weighted by molar-refractivity contribution is 7.99. The van der Waals surface area contributed by atoms with Gasteiger partial charge in [0, 0.05) is 18.0 Å². The summed E-state index contributed by atoms with van der Waals surface area (Å²) in [4.78, 5) is 15.9. The van der Waals surface area contributed by atoms with Crippen LogP contribution in [0.25, 0.3) is 0 Å². The Balaban J connectivity index is 2.21. The second-order valence-corrected chi connectivity index (χ2v) is 6.87. The normalized spacial score (nSPS) is 10.6. The summed E-state index contributed by atoms with van der Waals surface area (Å²) >= 11 is 3.40. The first-order chi connectivity index (χ1) is 10.3. The van der Waals surface area contributed by atoms with E-state index in [0.29, 0.717) is 6.54 Å². The number of nitrogens with zero attached hydrogens (tertiary/aromatic N) is 1. The predicted molar refractivity (Wildman–Crippen MR) is 92.2 cm³/mol. The van der Waals surface area contributed by atoms with E-state index in [1.807, 2.05) is 29.2 Å². The van der Waals surface area contributed by atoms with E-state index in [2.05, 4.69) is 30.7 Å². The van der Waals surface area contributed by atoms with Gasteiger partial charge in [0.2, 0.25) is 0 Å². The van der Waals surface area contributed by atoms with Crippen molar-refractivity contribution in [2.45, 2.75) is 31.7 Å². The van der Waals surface area contributed by atoms with Gasteiger partial charge < -0.3 is 4.90 Å². The van der Waals surface area contributed by atoms with E-state index in [-0.39, 0.29) is 5.91 Å². The first kappa shape index (κ1) is 16.1. The molecule has 0 unspecified atom stereocenters. The van der Waals surface area contributed by atoms with Crippen molar-refractivity contribution in [1.29, 1.82) is 0 Å². The monoisotopic (exact) mass is 319 g/mol. The zero-order valence-electron chi connectivity index (χ0n) is 12.5. The van der Waals surface area contributed by atoms with Gasteiger partial charge in [-0.15, -0.1) is 11.8 Å². The second kappa shape index (κ2) is 8.25. The number of thioether (sulfide) groups is 1. The fraction of sp³-hybridized carbons (Fsp3) is 0.353. The van der Waals surface area contributed by atoms with Crippen LogP contribution < -0.4 is 0 Å². The van der Waals surface area contributed by atoms with Gasteiger partial charge >= 0.3 is 0 Å². The minimum Gasteiger partial charge on any atom is -0.334 e. The molecule has 0 atom stereocenters. The lowest BCUT2D eigenvalue weighted by Gasteiger charge is -2.23. The van der Waals surface area contributed by atoms with Gasteiger partial charge in [-0.3, -0.25) is 4.79 Å². The standard InChI is InChI=1S/C17H21NOS2/c1-3-10-18(12-14-9-11-20-13-14)17(19)15-7-5-6-8-16(15)21-4-2/h5-9,11,13H,3-4,10,12H2,1-2H3. The first-order valence-electron chi connectivity index (χ1n) is 7.28. The summed E-state index contributed by atoms with van der Waals surface area (Å²) in [6, 6.07) is 10.0. The highest BCUT2D eigenvalue weighted by Gasteiger charge is 2.18. The molecule has 1 aromatic heterocycles. The molecule has 21 heavy (non-hydrogen) atoms. The Morgan fingerprint density at radius 2 is 2.05 bits per heavy atom. The molecule has 112 valence electrons. The van der Waals surface area contributed by atoms with E-state index in [1.54, 1.807) is 23.1 Å². The van der Waals surface area contributed by atoms with Crippen molar-refractivity contribution in [2.75, 3.05) is 12.3 Å². The minimum absolute atomic E-state index is 0.139. The summed E-state index contributed by atoms with van der Waals surface area (Å²) in [5.74, 6) is 1.11. The van der Waals surface area contributed by atoms with Gasteiger partial charge in [-0.25, -0.2) is 0 Å². The molecule has 1 aromatic carbocycles. The van der Waals surface area contributed by atoms with Crippen molar-refractivity contribution in [1.82, 2.24) is 4.90 Å². The fourth-order valence-electron chi connectivity index (χ4n) is 2.22. The van der Waals surface area contributed by atoms with E-state index in [0.717, 1.165) is 29.2 Å². The van der Waals surface area contributed by atoms with E-state index in [1.165, 1.54) is 5.56 Å². The Labute approximate surface area is 135 Å². The molecule has 2 nitrogen and oxygen atoms in total. The number of carbonyl (C=O) groups is 1. The molecule has 2 aromatic rings. The maximum Gasteiger partial charge on any atom is 0.255 e. The van der Waals surface area contributed by atoms with Crippen LogP contribution >= 0.6 is 23.1 Å². The Kier molecular flexibility index (Phi) is 6.33. The summed E-state index contributed by atoms with van der Waals surface area (Å²) in [5, 5.41) is 4.17. The van der Waals surface area contributed by atoms with Crippen LogP contribution in [0.4, 0.5) is 0 Å². The van der Waals surface area contributed by atoms with Crippen LogP contribution in [0, 0.1) is 0 Å². The van der Waals surface area contributed by atoms with Crippen molar-refractivity contribution >= 4 is 29.0 Å². The number of carbonyl (C=O) groups excluding carboxylic acids is 1. The van der Waals surface area contributed by atoms with E-state index >= 15 is 0 Å². The molecule has 0 aliphatic carbocycles. The quantitative estimate of drug-likeness (QED) is 0.676. The molecule has 0 N–H and O–H groups in total. The molecule has 0 saturated carbocycles. The zero-order valence-corrected chi connectivity index (χ0v) is 14.2. The van der Waals surface area contributed by atoms with Gasteiger partial charge in [-0.05, 0) is 46.7 Å². The van der Waals surface area contributed by atoms with Crippen LogP contribution in [0.15, 0.2) is 46.0 Å². The zero-order chi connectivity index (χ0) is 15.1. The molecule has 2 rings (SSSR count). The maximum absolute atomic E-state index is 12.9. The van der Waals surface area contributed by atoms with E-state index < -0.39 is 0 Å². The number of thiophene rings is 1. The highest BCUT2D eigenvalue weighted by Crippen LogP contribution is 2.24. The SMILES string of the molecule is CCCN(Cc1ccsc1)C(=O)c1ccccc1SCC. The van der Waals surface area contributed by atoms with Gasteiger partial charge in [0.05, 0.1) is 5.56 Å². The third-order valence-electron chi connectivity index (χ3n) is 3.15. The number of hydrogen-bond donors (Lipinski definition) is 0. The highest BCUT2D eigenvalue weighted by atomic mass is 32.2. The molecular weight excluding hydrogens is 298 g/mol. The Hall–Kier alpha value is -1.26. The molecule has 1 amide bonds. The summed E-state index contributed by atoms with van der Waals surface area (Å²) in [6.45, 7) is 5.71. The van der Waals surface area contributed by atoms with Gasteiger partial charge in [-0.2, -0.15) is 11.3 Å². The predicted octanol–water partition coefficient (Wildman–Crippen LogP) is 4.91. The number of hydrogen-bond acceptors (Lipinski definition) is 3. The molecule has 0 saturated heterocycles. The largest absolute Gasteiger partial charge is 0.334 e. The van der Waals surface area contributed by atoms with Gasteiger partial charge in [0.25, 0.3) is 5.91 Å². The lowest BCUT2D eigenvalue weighted by molar-refractivity contribution is 0.0740. The third kappa shape index (κ3) is 4.35. The lowest BCUT2D eigenvalue weighted by Crippen LogP contribution is -2.31. The van der Waals surface area contributed by atoms with Crippen LogP contribution in [0.3, 0.4) is 0 Å². The van der Waals surface area contributed by atoms with Crippen molar-refractivity contribution in [3.8, 4) is 0 Å². The van der Waals surface area contributed by atoms with Crippen molar-refractivity contribution in [3.05, 3.63) is 52.2 Å².